The summed E-state index contributed by atoms with van der Waals surface area (Å²) in [6.45, 7) is 4.73. The van der Waals surface area contributed by atoms with Gasteiger partial charge in [-0.1, -0.05) is 79.7 Å². The first-order chi connectivity index (χ1) is 11.6. The van der Waals surface area contributed by atoms with Crippen molar-refractivity contribution < 1.29 is 0 Å². The third-order valence-corrected chi connectivity index (χ3v) is 7.03. The molecule has 5 atom stereocenters. The molecule has 0 amide bonds. The lowest BCUT2D eigenvalue weighted by atomic mass is 9.61. The van der Waals surface area contributed by atoms with Gasteiger partial charge in [-0.05, 0) is 24.5 Å². The molecule has 2 aliphatic carbocycles. The van der Waals surface area contributed by atoms with Crippen LogP contribution < -0.4 is 0 Å². The number of hydrogen-bond acceptors (Lipinski definition) is 2. The molecule has 1 heterocycles. The summed E-state index contributed by atoms with van der Waals surface area (Å²) < 4.78 is 0. The van der Waals surface area contributed by atoms with Gasteiger partial charge in [0.15, 0.2) is 0 Å². The minimum absolute atomic E-state index is 0.0262. The molecule has 5 rings (SSSR count). The van der Waals surface area contributed by atoms with Gasteiger partial charge >= 0.3 is 0 Å². The summed E-state index contributed by atoms with van der Waals surface area (Å²) >= 11 is 0. The Morgan fingerprint density at radius 3 is 2.04 bits per heavy atom. The molecule has 2 bridgehead atoms. The van der Waals surface area contributed by atoms with Crippen LogP contribution in [0, 0.1) is 17.3 Å². The molecular weight excluding hydrogens is 292 g/mol. The van der Waals surface area contributed by atoms with E-state index in [2.05, 4.69) is 86.7 Å². The van der Waals surface area contributed by atoms with Crippen molar-refractivity contribution in [2.45, 2.75) is 31.3 Å². The summed E-state index contributed by atoms with van der Waals surface area (Å²) in [7, 11) is 0. The Labute approximate surface area is 143 Å². The maximum Gasteiger partial charge on any atom is 0.121 e. The highest BCUT2D eigenvalue weighted by Gasteiger charge is 2.77. The first-order valence-electron chi connectivity index (χ1n) is 8.84. The molecule has 24 heavy (non-hydrogen) atoms. The standard InChI is InChI=1S/C22H22N2/c1-20(15-16-9-5-3-6-10-16)21(2)18-13-14-19(18)22(20,24-23-21)17-11-7-4-8-12-17/h3-14,18-19H,15H2,1-2H3/t18-,19+,20-,21+,22+/m1/s1. The Balaban J connectivity index is 1.71. The Morgan fingerprint density at radius 1 is 0.792 bits per heavy atom. The van der Waals surface area contributed by atoms with Crippen molar-refractivity contribution in [2.75, 3.05) is 0 Å². The summed E-state index contributed by atoms with van der Waals surface area (Å²) in [5.41, 5.74) is 2.30. The quantitative estimate of drug-likeness (QED) is 0.698. The van der Waals surface area contributed by atoms with Crippen LogP contribution in [-0.4, -0.2) is 5.54 Å². The topological polar surface area (TPSA) is 24.7 Å². The van der Waals surface area contributed by atoms with E-state index < -0.39 is 0 Å². The minimum atomic E-state index is -0.238. The fraction of sp³-hybridized carbons (Fsp3) is 0.364. The number of benzene rings is 2. The maximum absolute atomic E-state index is 4.98. The van der Waals surface area contributed by atoms with E-state index in [-0.39, 0.29) is 16.5 Å². The number of fused-ring (bicyclic) bond motifs is 5. The smallest absolute Gasteiger partial charge is 0.121 e. The highest BCUT2D eigenvalue weighted by Crippen LogP contribution is 2.74. The molecule has 3 aliphatic rings. The van der Waals surface area contributed by atoms with Gasteiger partial charge < -0.3 is 0 Å². The first-order valence-corrected chi connectivity index (χ1v) is 8.84. The molecule has 0 unspecified atom stereocenters. The molecule has 0 aromatic heterocycles. The zero-order chi connectivity index (χ0) is 16.4. The number of azo groups is 1. The van der Waals surface area contributed by atoms with Gasteiger partial charge in [-0.15, -0.1) is 0 Å². The van der Waals surface area contributed by atoms with E-state index in [1.807, 2.05) is 0 Å². The third-order valence-electron chi connectivity index (χ3n) is 7.03. The Kier molecular flexibility index (Phi) is 2.62. The summed E-state index contributed by atoms with van der Waals surface area (Å²) in [4.78, 5) is 0. The zero-order valence-electron chi connectivity index (χ0n) is 14.2. The molecule has 1 fully saturated rings. The Hall–Kier alpha value is -2.22. The van der Waals surface area contributed by atoms with Crippen LogP contribution in [0.5, 0.6) is 0 Å². The maximum atomic E-state index is 4.98. The van der Waals surface area contributed by atoms with Crippen LogP contribution in [0.15, 0.2) is 83.0 Å². The highest BCUT2D eigenvalue weighted by molar-refractivity contribution is 5.47. The molecule has 0 saturated heterocycles. The van der Waals surface area contributed by atoms with E-state index >= 15 is 0 Å². The first kappa shape index (κ1) is 14.2. The van der Waals surface area contributed by atoms with E-state index in [0.29, 0.717) is 11.8 Å². The van der Waals surface area contributed by atoms with Crippen molar-refractivity contribution in [1.82, 2.24) is 0 Å². The second kappa shape index (κ2) is 4.44. The van der Waals surface area contributed by atoms with Crippen molar-refractivity contribution in [3.63, 3.8) is 0 Å². The van der Waals surface area contributed by atoms with Gasteiger partial charge in [0.2, 0.25) is 0 Å². The van der Waals surface area contributed by atoms with E-state index in [9.17, 15) is 0 Å². The SMILES string of the molecule is C[C@@]1(Cc2ccccc2)[C@@]2(C)N=N[C@@]1(c1ccccc1)[C@H]1C=C[C@H]12. The van der Waals surface area contributed by atoms with Gasteiger partial charge in [-0.25, -0.2) is 0 Å². The van der Waals surface area contributed by atoms with Gasteiger partial charge in [0.05, 0.1) is 5.54 Å². The molecule has 1 saturated carbocycles. The molecular formula is C22H22N2. The van der Waals surface area contributed by atoms with E-state index in [1.54, 1.807) is 0 Å². The van der Waals surface area contributed by atoms with Gasteiger partial charge in [-0.2, -0.15) is 10.2 Å². The van der Waals surface area contributed by atoms with Crippen molar-refractivity contribution in [1.29, 1.82) is 0 Å². The lowest BCUT2D eigenvalue weighted by molar-refractivity contribution is 0.144. The van der Waals surface area contributed by atoms with Crippen LogP contribution in [0.2, 0.25) is 0 Å². The minimum Gasteiger partial charge on any atom is -0.185 e. The highest BCUT2D eigenvalue weighted by atomic mass is 15.3. The number of nitrogens with zero attached hydrogens (tertiary/aromatic N) is 2. The number of hydrogen-bond donors (Lipinski definition) is 0. The zero-order valence-corrected chi connectivity index (χ0v) is 14.2. The largest absolute Gasteiger partial charge is 0.185 e. The summed E-state index contributed by atoms with van der Waals surface area (Å²) in [5, 5.41) is 9.87. The van der Waals surface area contributed by atoms with E-state index in [0.717, 1.165) is 6.42 Å². The van der Waals surface area contributed by atoms with Gasteiger partial charge in [0.1, 0.15) is 5.54 Å². The molecule has 1 aliphatic heterocycles. The number of rotatable bonds is 3. The molecule has 0 N–H and O–H groups in total. The molecule has 2 nitrogen and oxygen atoms in total. The van der Waals surface area contributed by atoms with Crippen LogP contribution in [-0.2, 0) is 12.0 Å². The van der Waals surface area contributed by atoms with Gasteiger partial charge in [-0.3, -0.25) is 0 Å². The second-order valence-electron chi connectivity index (χ2n) is 7.91. The predicted molar refractivity (Wildman–Crippen MR) is 95.8 cm³/mol. The van der Waals surface area contributed by atoms with Crippen molar-refractivity contribution in [2.24, 2.45) is 27.5 Å². The van der Waals surface area contributed by atoms with E-state index in [1.165, 1.54) is 11.1 Å². The van der Waals surface area contributed by atoms with Crippen molar-refractivity contribution >= 4 is 0 Å². The van der Waals surface area contributed by atoms with Crippen LogP contribution in [0.4, 0.5) is 0 Å². The van der Waals surface area contributed by atoms with Gasteiger partial charge in [0, 0.05) is 17.3 Å². The van der Waals surface area contributed by atoms with Crippen LogP contribution >= 0.6 is 0 Å². The lowest BCUT2D eigenvalue weighted by Gasteiger charge is -2.42. The fourth-order valence-electron chi connectivity index (χ4n) is 5.51. The summed E-state index contributed by atoms with van der Waals surface area (Å²) in [5.74, 6) is 0.972. The van der Waals surface area contributed by atoms with Crippen LogP contribution in [0.3, 0.4) is 0 Å². The average Bonchev–Trinajstić information content (AvgIpc) is 2.83. The van der Waals surface area contributed by atoms with E-state index in [4.69, 9.17) is 10.2 Å². The molecule has 2 heteroatoms. The van der Waals surface area contributed by atoms with Gasteiger partial charge in [0.25, 0.3) is 0 Å². The monoisotopic (exact) mass is 314 g/mol. The molecule has 2 aromatic carbocycles. The Bertz CT molecular complexity index is 841. The Morgan fingerprint density at radius 2 is 1.42 bits per heavy atom. The normalized spacial score (nSPS) is 41.2. The summed E-state index contributed by atoms with van der Waals surface area (Å²) in [6, 6.07) is 21.7. The third kappa shape index (κ3) is 1.39. The molecule has 120 valence electrons. The van der Waals surface area contributed by atoms with Crippen molar-refractivity contribution in [3.05, 3.63) is 83.9 Å². The van der Waals surface area contributed by atoms with Crippen LogP contribution in [0.1, 0.15) is 25.0 Å². The lowest BCUT2D eigenvalue weighted by Crippen LogP contribution is -2.47. The second-order valence-corrected chi connectivity index (χ2v) is 7.91. The molecule has 2 aromatic rings. The summed E-state index contributed by atoms with van der Waals surface area (Å²) in [6.07, 6.45) is 5.72. The molecule has 0 radical (unpaired) electrons. The average molecular weight is 314 g/mol. The fourth-order valence-corrected chi connectivity index (χ4v) is 5.51. The van der Waals surface area contributed by atoms with Crippen molar-refractivity contribution in [3.8, 4) is 0 Å². The van der Waals surface area contributed by atoms with Crippen LogP contribution in [0.25, 0.3) is 0 Å². The molecule has 0 spiro atoms. The predicted octanol–water partition coefficient (Wildman–Crippen LogP) is 5.17.